The van der Waals surface area contributed by atoms with E-state index in [1.165, 1.54) is 106 Å². The normalized spacial score (nSPS) is 24.7. The van der Waals surface area contributed by atoms with Gasteiger partial charge in [-0.25, -0.2) is 0 Å². The van der Waals surface area contributed by atoms with Gasteiger partial charge in [-0.3, -0.25) is 4.79 Å². The first-order valence-corrected chi connectivity index (χ1v) is 16.4. The largest absolute Gasteiger partial charge is 0.286 e. The van der Waals surface area contributed by atoms with Gasteiger partial charge in [0.2, 0.25) is 5.12 Å². The molecule has 0 aromatic heterocycles. The van der Waals surface area contributed by atoms with Gasteiger partial charge >= 0.3 is 0 Å². The molecule has 1 aromatic carbocycles. The number of carbonyl (C=O) groups is 1. The number of hydrogen-bond donors (Lipinski definition) is 0. The number of thioether (sulfide) groups is 2. The summed E-state index contributed by atoms with van der Waals surface area (Å²) in [5.41, 5.74) is 1.24. The summed E-state index contributed by atoms with van der Waals surface area (Å²) in [5.74, 6) is 5.32. The van der Waals surface area contributed by atoms with Gasteiger partial charge in [-0.2, -0.15) is 11.8 Å². The molecule has 2 aliphatic rings. The average Bonchev–Trinajstić information content (AvgIpc) is 2.90. The minimum Gasteiger partial charge on any atom is -0.286 e. The fourth-order valence-corrected chi connectivity index (χ4v) is 7.26. The van der Waals surface area contributed by atoms with E-state index >= 15 is 0 Å². The Hall–Kier alpha value is -0.930. The fourth-order valence-electron chi connectivity index (χ4n) is 5.51. The van der Waals surface area contributed by atoms with Crippen molar-refractivity contribution in [3.8, 4) is 0 Å². The van der Waals surface area contributed by atoms with Crippen LogP contribution in [-0.4, -0.2) is 16.6 Å². The number of rotatable bonds is 14. The Labute approximate surface area is 224 Å². The van der Waals surface area contributed by atoms with Crippen molar-refractivity contribution in [2.45, 2.75) is 102 Å². The van der Waals surface area contributed by atoms with Crippen LogP contribution < -0.4 is 0 Å². The van der Waals surface area contributed by atoms with Crippen LogP contribution in [0.4, 0.5) is 0 Å². The van der Waals surface area contributed by atoms with Gasteiger partial charge in [0, 0.05) is 10.8 Å². The molecule has 1 saturated carbocycles. The predicted octanol–water partition coefficient (Wildman–Crippen LogP) is 10.2. The van der Waals surface area contributed by atoms with E-state index in [2.05, 4.69) is 74.2 Å². The molecule has 2 aliphatic carbocycles. The van der Waals surface area contributed by atoms with Crippen molar-refractivity contribution in [1.29, 1.82) is 0 Å². The zero-order valence-corrected chi connectivity index (χ0v) is 23.9. The molecule has 0 spiro atoms. The number of hydrogen-bond acceptors (Lipinski definition) is 3. The van der Waals surface area contributed by atoms with Crippen molar-refractivity contribution in [1.82, 2.24) is 0 Å². The molecule has 0 radical (unpaired) electrons. The molecule has 0 amide bonds. The lowest BCUT2D eigenvalue weighted by molar-refractivity contribution is -0.113. The molecule has 1 nitrogen and oxygen atoms in total. The topological polar surface area (TPSA) is 17.1 Å². The van der Waals surface area contributed by atoms with Gasteiger partial charge in [0.05, 0.1) is 0 Å². The third kappa shape index (κ3) is 10.9. The van der Waals surface area contributed by atoms with Gasteiger partial charge in [-0.15, -0.1) is 0 Å². The molecule has 3 heteroatoms. The molecule has 1 aromatic rings. The molecule has 2 atom stereocenters. The molecule has 0 N–H and O–H groups in total. The second-order valence-electron chi connectivity index (χ2n) is 10.7. The Morgan fingerprint density at radius 2 is 1.66 bits per heavy atom. The predicted molar refractivity (Wildman–Crippen MR) is 158 cm³/mol. The Bertz CT molecular complexity index is 773. The maximum atomic E-state index is 12.8. The lowest BCUT2D eigenvalue weighted by Gasteiger charge is -2.28. The quantitative estimate of drug-likeness (QED) is 0.140. The molecule has 2 unspecified atom stereocenters. The zero-order valence-electron chi connectivity index (χ0n) is 22.3. The van der Waals surface area contributed by atoms with Crippen molar-refractivity contribution in [2.75, 3.05) is 11.5 Å². The number of benzene rings is 1. The number of carbonyl (C=O) groups excluding carboxylic acids is 1. The minimum absolute atomic E-state index is 0.0897. The highest BCUT2D eigenvalue weighted by molar-refractivity contribution is 8.13. The van der Waals surface area contributed by atoms with E-state index in [4.69, 9.17) is 0 Å². The van der Waals surface area contributed by atoms with Crippen LogP contribution >= 0.6 is 23.5 Å². The third-order valence-corrected chi connectivity index (χ3v) is 10.00. The molecule has 0 heterocycles. The Kier molecular flexibility index (Phi) is 13.7. The second kappa shape index (κ2) is 16.7. The first-order chi connectivity index (χ1) is 17.2. The molecular weight excluding hydrogens is 464 g/mol. The molecule has 0 saturated heterocycles. The smallest absolute Gasteiger partial charge is 0.200 e. The zero-order chi connectivity index (χ0) is 24.7. The second-order valence-corrected chi connectivity index (χ2v) is 13.1. The van der Waals surface area contributed by atoms with Crippen LogP contribution in [0.2, 0.25) is 0 Å². The summed E-state index contributed by atoms with van der Waals surface area (Å²) in [7, 11) is 0. The molecule has 35 heavy (non-hydrogen) atoms. The summed E-state index contributed by atoms with van der Waals surface area (Å²) >= 11 is 3.54. The van der Waals surface area contributed by atoms with Gasteiger partial charge in [0.15, 0.2) is 0 Å². The van der Waals surface area contributed by atoms with Crippen LogP contribution in [0.15, 0.2) is 47.4 Å². The Balaban J connectivity index is 1.32. The fraction of sp³-hybridized carbons (Fsp3) is 0.656. The van der Waals surface area contributed by atoms with Gasteiger partial charge in [-0.05, 0) is 91.9 Å². The van der Waals surface area contributed by atoms with E-state index in [1.807, 2.05) is 0 Å². The molecular formula is C32H48OS2. The van der Waals surface area contributed by atoms with Gasteiger partial charge in [-0.1, -0.05) is 101 Å². The summed E-state index contributed by atoms with van der Waals surface area (Å²) in [6.07, 6.45) is 26.2. The van der Waals surface area contributed by atoms with Crippen molar-refractivity contribution in [3.63, 3.8) is 0 Å². The van der Waals surface area contributed by atoms with Crippen LogP contribution in [0.3, 0.4) is 0 Å². The lowest BCUT2D eigenvalue weighted by atomic mass is 9.81. The third-order valence-electron chi connectivity index (χ3n) is 7.87. The van der Waals surface area contributed by atoms with E-state index in [0.717, 1.165) is 23.2 Å². The molecule has 3 rings (SSSR count). The maximum Gasteiger partial charge on any atom is 0.200 e. The van der Waals surface area contributed by atoms with E-state index in [-0.39, 0.29) is 5.92 Å². The van der Waals surface area contributed by atoms with E-state index in [1.54, 1.807) is 0 Å². The highest BCUT2D eigenvalue weighted by Crippen LogP contribution is 2.34. The van der Waals surface area contributed by atoms with Gasteiger partial charge in [0.1, 0.15) is 0 Å². The first-order valence-electron chi connectivity index (χ1n) is 14.4. The van der Waals surface area contributed by atoms with Crippen LogP contribution in [-0.2, 0) is 4.79 Å². The summed E-state index contributed by atoms with van der Waals surface area (Å²) in [4.78, 5) is 13.9. The summed E-state index contributed by atoms with van der Waals surface area (Å²) in [5, 5.41) is 0.303. The summed E-state index contributed by atoms with van der Waals surface area (Å²) in [6, 6.07) is 8.54. The van der Waals surface area contributed by atoms with Crippen molar-refractivity contribution in [3.05, 3.63) is 48.1 Å². The van der Waals surface area contributed by atoms with Gasteiger partial charge in [0.25, 0.3) is 0 Å². The Morgan fingerprint density at radius 1 is 0.886 bits per heavy atom. The van der Waals surface area contributed by atoms with Crippen LogP contribution in [0.5, 0.6) is 0 Å². The average molecular weight is 513 g/mol. The van der Waals surface area contributed by atoms with E-state index in [9.17, 15) is 4.79 Å². The minimum atomic E-state index is 0.0897. The SMILES string of the molecule is CCCCCCC1C=CC(C(=O)Sc2ccc(C=CCCC3CCC(CSCC)CC3)cc2)CC1. The van der Waals surface area contributed by atoms with Crippen molar-refractivity contribution < 1.29 is 4.79 Å². The summed E-state index contributed by atoms with van der Waals surface area (Å²) < 4.78 is 0. The van der Waals surface area contributed by atoms with Gasteiger partial charge < -0.3 is 0 Å². The van der Waals surface area contributed by atoms with Crippen molar-refractivity contribution >= 4 is 34.7 Å². The van der Waals surface area contributed by atoms with E-state index < -0.39 is 0 Å². The lowest BCUT2D eigenvalue weighted by Crippen LogP contribution is -2.16. The number of allylic oxidation sites excluding steroid dienone is 3. The highest BCUT2D eigenvalue weighted by atomic mass is 32.2. The standard InChI is InChI=1S/C32H48OS2/c1-3-5-6-7-10-27-17-21-30(22-18-27)32(33)35-31-23-19-28(20-24-31)12-9-8-11-26-13-15-29(16-14-26)25-34-4-2/h9,12,17,19-21,23-24,26-27,29-30H,3-8,10-11,13-16,18,22,25H2,1-2H3. The maximum absolute atomic E-state index is 12.8. The monoisotopic (exact) mass is 512 g/mol. The van der Waals surface area contributed by atoms with E-state index in [0.29, 0.717) is 11.0 Å². The molecule has 0 bridgehead atoms. The van der Waals surface area contributed by atoms with Crippen molar-refractivity contribution in [2.24, 2.45) is 23.7 Å². The number of unbranched alkanes of at least 4 members (excludes halogenated alkanes) is 3. The van der Waals surface area contributed by atoms with Crippen LogP contribution in [0, 0.1) is 23.7 Å². The molecule has 194 valence electrons. The van der Waals surface area contributed by atoms with Crippen LogP contribution in [0.1, 0.15) is 103 Å². The molecule has 1 fully saturated rings. The summed E-state index contributed by atoms with van der Waals surface area (Å²) in [6.45, 7) is 4.54. The first kappa shape index (κ1) is 28.6. The Morgan fingerprint density at radius 3 is 2.34 bits per heavy atom. The molecule has 0 aliphatic heterocycles. The van der Waals surface area contributed by atoms with Crippen LogP contribution in [0.25, 0.3) is 6.08 Å². The highest BCUT2D eigenvalue weighted by Gasteiger charge is 2.22.